The summed E-state index contributed by atoms with van der Waals surface area (Å²) < 4.78 is 11.2. The van der Waals surface area contributed by atoms with Gasteiger partial charge in [-0.15, -0.1) is 0 Å². The molecule has 1 atom stereocenters. The lowest BCUT2D eigenvalue weighted by atomic mass is 10.1. The third-order valence-electron chi connectivity index (χ3n) is 9.58. The summed E-state index contributed by atoms with van der Waals surface area (Å²) in [4.78, 5) is 12.2. The van der Waals surface area contributed by atoms with Crippen molar-refractivity contribution in [1.29, 1.82) is 0 Å². The zero-order chi connectivity index (χ0) is 41.2. The molecule has 0 aliphatic carbocycles. The van der Waals surface area contributed by atoms with Gasteiger partial charge in [0.05, 0.1) is 13.2 Å². The van der Waals surface area contributed by atoms with E-state index in [2.05, 4.69) is 123 Å². The van der Waals surface area contributed by atoms with Crippen LogP contribution in [0, 0.1) is 0 Å². The highest BCUT2D eigenvalue weighted by molar-refractivity contribution is 5.69. The molecule has 4 heteroatoms. The molecule has 324 valence electrons. The summed E-state index contributed by atoms with van der Waals surface area (Å²) in [6, 6.07) is 0. The number of hydrogen-bond donors (Lipinski definition) is 1. The van der Waals surface area contributed by atoms with Gasteiger partial charge in [0.1, 0.15) is 6.10 Å². The summed E-state index contributed by atoms with van der Waals surface area (Å²) in [5.74, 6) is -0.248. The molecular weight excluding hydrogens is 701 g/mol. The van der Waals surface area contributed by atoms with Gasteiger partial charge >= 0.3 is 5.97 Å². The molecule has 0 rings (SSSR count). The zero-order valence-corrected chi connectivity index (χ0v) is 37.1. The molecular formula is C53H88O4. The minimum atomic E-state index is -0.569. The van der Waals surface area contributed by atoms with Crippen LogP contribution in [0.15, 0.2) is 109 Å². The Labute approximate surface area is 353 Å². The number of ether oxygens (including phenoxy) is 2. The van der Waals surface area contributed by atoms with E-state index in [-0.39, 0.29) is 19.2 Å². The Morgan fingerprint density at radius 2 is 0.789 bits per heavy atom. The molecule has 0 amide bonds. The molecule has 57 heavy (non-hydrogen) atoms. The van der Waals surface area contributed by atoms with E-state index >= 15 is 0 Å². The van der Waals surface area contributed by atoms with Crippen molar-refractivity contribution < 1.29 is 19.4 Å². The Balaban J connectivity index is 3.56. The first-order valence-electron chi connectivity index (χ1n) is 23.5. The standard InChI is InChI=1S/C53H88O4/c1-3-5-7-9-11-13-15-17-19-21-23-25-26-27-29-31-33-35-37-39-41-43-45-47-49-56-51-52(50-54)57-53(55)48-46-44-42-40-38-36-34-32-30-28-24-22-20-18-16-14-12-10-8-6-4-2/h6,8,12,14-15,17-18,20-21,23-24,26-28,32,34,38,40,52,54H,3-5,7,9-11,13,16,19,22,25,29-31,33,35-37,39,41-51H2,1-2H3/b8-6-,14-12-,17-15-,20-18-,23-21-,27-26-,28-24-,34-32-,40-38-. The van der Waals surface area contributed by atoms with Crippen LogP contribution in [0.5, 0.6) is 0 Å². The van der Waals surface area contributed by atoms with Crippen LogP contribution in [0.4, 0.5) is 0 Å². The second-order valence-corrected chi connectivity index (χ2v) is 15.1. The molecule has 0 fully saturated rings. The summed E-state index contributed by atoms with van der Waals surface area (Å²) in [6.45, 7) is 5.15. The predicted octanol–water partition coefficient (Wildman–Crippen LogP) is 15.9. The van der Waals surface area contributed by atoms with E-state index < -0.39 is 6.10 Å². The van der Waals surface area contributed by atoms with Crippen LogP contribution in [0.3, 0.4) is 0 Å². The first-order valence-corrected chi connectivity index (χ1v) is 23.5. The van der Waals surface area contributed by atoms with Gasteiger partial charge in [0.2, 0.25) is 0 Å². The molecule has 0 saturated carbocycles. The van der Waals surface area contributed by atoms with Gasteiger partial charge in [-0.3, -0.25) is 4.79 Å². The van der Waals surface area contributed by atoms with Crippen molar-refractivity contribution in [2.45, 2.75) is 200 Å². The van der Waals surface area contributed by atoms with Gasteiger partial charge in [0, 0.05) is 13.0 Å². The fraction of sp³-hybridized carbons (Fsp3) is 0.642. The molecule has 1 N–H and O–H groups in total. The summed E-state index contributed by atoms with van der Waals surface area (Å²) in [5, 5.41) is 9.62. The van der Waals surface area contributed by atoms with Crippen LogP contribution >= 0.6 is 0 Å². The molecule has 0 aliphatic rings. The second-order valence-electron chi connectivity index (χ2n) is 15.1. The monoisotopic (exact) mass is 789 g/mol. The quantitative estimate of drug-likeness (QED) is 0.0380. The van der Waals surface area contributed by atoms with Crippen LogP contribution in [0.25, 0.3) is 0 Å². The Kier molecular flexibility index (Phi) is 46.7. The Bertz CT molecular complexity index is 1100. The third-order valence-corrected chi connectivity index (χ3v) is 9.58. The maximum absolute atomic E-state index is 12.2. The molecule has 0 saturated heterocycles. The molecule has 1 unspecified atom stereocenters. The number of carbonyl (C=O) groups is 1. The molecule has 0 aromatic rings. The minimum absolute atomic E-state index is 0.199. The van der Waals surface area contributed by atoms with Crippen molar-refractivity contribution in [2.75, 3.05) is 19.8 Å². The number of hydrogen-bond acceptors (Lipinski definition) is 4. The topological polar surface area (TPSA) is 55.8 Å². The van der Waals surface area contributed by atoms with E-state index in [1.165, 1.54) is 89.9 Å². The van der Waals surface area contributed by atoms with Crippen LogP contribution in [0.1, 0.15) is 194 Å². The van der Waals surface area contributed by atoms with E-state index in [0.29, 0.717) is 13.0 Å². The Hall–Kier alpha value is -2.95. The number of rotatable bonds is 42. The molecule has 0 aromatic heterocycles. The van der Waals surface area contributed by atoms with Crippen molar-refractivity contribution in [3.63, 3.8) is 0 Å². The fourth-order valence-corrected chi connectivity index (χ4v) is 6.10. The molecule has 0 aliphatic heterocycles. The molecule has 0 spiro atoms. The van der Waals surface area contributed by atoms with E-state index in [1.807, 2.05) is 0 Å². The van der Waals surface area contributed by atoms with Crippen molar-refractivity contribution in [3.05, 3.63) is 109 Å². The van der Waals surface area contributed by atoms with Gasteiger partial charge in [0.15, 0.2) is 0 Å². The lowest BCUT2D eigenvalue weighted by molar-refractivity contribution is -0.154. The number of esters is 1. The van der Waals surface area contributed by atoms with Crippen LogP contribution in [-0.2, 0) is 14.3 Å². The first-order chi connectivity index (χ1) is 28.2. The second kappa shape index (κ2) is 49.2. The molecule has 0 radical (unpaired) electrons. The van der Waals surface area contributed by atoms with Crippen LogP contribution < -0.4 is 0 Å². The van der Waals surface area contributed by atoms with Gasteiger partial charge in [-0.1, -0.05) is 194 Å². The maximum atomic E-state index is 12.2. The largest absolute Gasteiger partial charge is 0.457 e. The van der Waals surface area contributed by atoms with E-state index in [9.17, 15) is 9.90 Å². The fourth-order valence-electron chi connectivity index (χ4n) is 6.10. The number of allylic oxidation sites excluding steroid dienone is 18. The highest BCUT2D eigenvalue weighted by Crippen LogP contribution is 2.12. The summed E-state index contributed by atoms with van der Waals surface area (Å²) in [7, 11) is 0. The Morgan fingerprint density at radius 1 is 0.439 bits per heavy atom. The normalized spacial score (nSPS) is 13.4. The van der Waals surface area contributed by atoms with Gasteiger partial charge in [-0.2, -0.15) is 0 Å². The summed E-state index contributed by atoms with van der Waals surface area (Å²) in [5.41, 5.74) is 0. The van der Waals surface area contributed by atoms with Crippen molar-refractivity contribution in [3.8, 4) is 0 Å². The number of unbranched alkanes of at least 4 members (excludes halogenated alkanes) is 16. The minimum Gasteiger partial charge on any atom is -0.457 e. The SMILES string of the molecule is CC/C=C\C/C=C\C/C=C\C/C=C\C/C=C\C/C=C\CCCCC(=O)OC(CO)COCCCCCCCCCCC/C=C\C/C=C\C/C=C\CCCCCCC. The molecule has 4 nitrogen and oxygen atoms in total. The molecule has 0 heterocycles. The number of aliphatic hydroxyl groups excluding tert-OH is 1. The van der Waals surface area contributed by atoms with Crippen molar-refractivity contribution in [1.82, 2.24) is 0 Å². The van der Waals surface area contributed by atoms with Crippen LogP contribution in [0.2, 0.25) is 0 Å². The average molecular weight is 789 g/mol. The number of aliphatic hydroxyl groups is 1. The van der Waals surface area contributed by atoms with Crippen molar-refractivity contribution in [2.24, 2.45) is 0 Å². The Morgan fingerprint density at radius 3 is 1.19 bits per heavy atom. The van der Waals surface area contributed by atoms with E-state index in [4.69, 9.17) is 9.47 Å². The summed E-state index contributed by atoms with van der Waals surface area (Å²) in [6.07, 6.45) is 71.6. The van der Waals surface area contributed by atoms with Gasteiger partial charge in [-0.05, 0) is 103 Å². The number of carbonyl (C=O) groups excluding carboxylic acids is 1. The highest BCUT2D eigenvalue weighted by Gasteiger charge is 2.13. The van der Waals surface area contributed by atoms with Gasteiger partial charge in [0.25, 0.3) is 0 Å². The highest BCUT2D eigenvalue weighted by atomic mass is 16.6. The predicted molar refractivity (Wildman–Crippen MR) is 251 cm³/mol. The average Bonchev–Trinajstić information content (AvgIpc) is 3.22. The van der Waals surface area contributed by atoms with E-state index in [0.717, 1.165) is 83.5 Å². The third kappa shape index (κ3) is 47.3. The van der Waals surface area contributed by atoms with Crippen LogP contribution in [-0.4, -0.2) is 37.0 Å². The molecule has 0 bridgehead atoms. The first kappa shape index (κ1) is 54.1. The van der Waals surface area contributed by atoms with Crippen molar-refractivity contribution >= 4 is 5.97 Å². The maximum Gasteiger partial charge on any atom is 0.306 e. The zero-order valence-electron chi connectivity index (χ0n) is 37.1. The smallest absolute Gasteiger partial charge is 0.306 e. The van der Waals surface area contributed by atoms with Gasteiger partial charge < -0.3 is 14.6 Å². The summed E-state index contributed by atoms with van der Waals surface area (Å²) >= 11 is 0. The van der Waals surface area contributed by atoms with Gasteiger partial charge in [-0.25, -0.2) is 0 Å². The lowest BCUT2D eigenvalue weighted by Gasteiger charge is -2.15. The van der Waals surface area contributed by atoms with E-state index in [1.54, 1.807) is 0 Å². The lowest BCUT2D eigenvalue weighted by Crippen LogP contribution is -2.27. The molecule has 0 aromatic carbocycles.